The van der Waals surface area contributed by atoms with Crippen LogP contribution in [0, 0.1) is 10.1 Å². The monoisotopic (exact) mass is 307 g/mol. The summed E-state index contributed by atoms with van der Waals surface area (Å²) in [6.07, 6.45) is 1.64. The average molecular weight is 308 g/mol. The maximum atomic E-state index is 11.0. The molecule has 0 bridgehead atoms. The van der Waals surface area contributed by atoms with E-state index >= 15 is 0 Å². The maximum Gasteiger partial charge on any atom is 0.275 e. The molecule has 0 aliphatic rings. The zero-order valence-corrected chi connectivity index (χ0v) is 12.1. The van der Waals surface area contributed by atoms with Crippen LogP contribution in [0.4, 0.5) is 5.69 Å². The lowest BCUT2D eigenvalue weighted by Gasteiger charge is -2.09. The third-order valence-corrected chi connectivity index (χ3v) is 3.31. The van der Waals surface area contributed by atoms with Crippen molar-refractivity contribution in [1.29, 1.82) is 0 Å². The number of aromatic nitrogens is 1. The van der Waals surface area contributed by atoms with Gasteiger partial charge in [0.25, 0.3) is 5.69 Å². The van der Waals surface area contributed by atoms with E-state index in [0.717, 1.165) is 5.56 Å². The van der Waals surface area contributed by atoms with E-state index in [9.17, 15) is 10.1 Å². The minimum absolute atomic E-state index is 0.00755. The van der Waals surface area contributed by atoms with Crippen LogP contribution in [0.5, 0.6) is 5.88 Å². The van der Waals surface area contributed by atoms with Crippen molar-refractivity contribution in [3.8, 4) is 5.88 Å². The summed E-state index contributed by atoms with van der Waals surface area (Å²) in [6.45, 7) is 0.757. The molecule has 0 unspecified atom stereocenters. The molecule has 1 N–H and O–H groups in total. The van der Waals surface area contributed by atoms with Crippen LogP contribution in [0.2, 0.25) is 5.02 Å². The fourth-order valence-electron chi connectivity index (χ4n) is 1.96. The number of nitro benzene ring substituents is 1. The van der Waals surface area contributed by atoms with Crippen LogP contribution >= 0.6 is 11.6 Å². The van der Waals surface area contributed by atoms with Gasteiger partial charge in [0.1, 0.15) is 0 Å². The van der Waals surface area contributed by atoms with E-state index in [-0.39, 0.29) is 12.2 Å². The lowest BCUT2D eigenvalue weighted by atomic mass is 10.1. The van der Waals surface area contributed by atoms with E-state index in [1.54, 1.807) is 31.5 Å². The lowest BCUT2D eigenvalue weighted by molar-refractivity contribution is -0.385. The molecule has 0 amide bonds. The lowest BCUT2D eigenvalue weighted by Crippen LogP contribution is -2.15. The van der Waals surface area contributed by atoms with Gasteiger partial charge >= 0.3 is 0 Å². The molecule has 6 nitrogen and oxygen atoms in total. The van der Waals surface area contributed by atoms with Crippen LogP contribution in [0.25, 0.3) is 0 Å². The summed E-state index contributed by atoms with van der Waals surface area (Å²) in [4.78, 5) is 14.6. The fraction of sp³-hybridized carbons (Fsp3) is 0.214. The molecule has 0 radical (unpaired) electrons. The second-order valence-electron chi connectivity index (χ2n) is 4.27. The topological polar surface area (TPSA) is 77.3 Å². The minimum Gasteiger partial charge on any atom is -0.481 e. The summed E-state index contributed by atoms with van der Waals surface area (Å²) in [5.74, 6) is 0.527. The van der Waals surface area contributed by atoms with Crippen molar-refractivity contribution < 1.29 is 9.66 Å². The van der Waals surface area contributed by atoms with Crippen molar-refractivity contribution in [2.45, 2.75) is 13.1 Å². The van der Waals surface area contributed by atoms with Gasteiger partial charge in [0.05, 0.1) is 22.6 Å². The summed E-state index contributed by atoms with van der Waals surface area (Å²) in [5.41, 5.74) is 1.34. The molecule has 7 heteroatoms. The number of nitrogens with one attached hydrogen (secondary N) is 1. The first-order valence-electron chi connectivity index (χ1n) is 6.24. The van der Waals surface area contributed by atoms with Gasteiger partial charge in [-0.25, -0.2) is 4.98 Å². The first kappa shape index (κ1) is 15.2. The number of halogens is 1. The molecule has 0 saturated heterocycles. The molecule has 0 fully saturated rings. The van der Waals surface area contributed by atoms with Gasteiger partial charge in [-0.1, -0.05) is 23.7 Å². The third kappa shape index (κ3) is 3.68. The third-order valence-electron chi connectivity index (χ3n) is 2.95. The molecular formula is C14H14ClN3O3. The van der Waals surface area contributed by atoms with E-state index in [1.807, 2.05) is 6.07 Å². The Morgan fingerprint density at radius 1 is 1.33 bits per heavy atom. The Labute approximate surface area is 126 Å². The Kier molecular flexibility index (Phi) is 5.08. The Hall–Kier alpha value is -2.18. The fourth-order valence-corrected chi connectivity index (χ4v) is 2.19. The normalized spacial score (nSPS) is 10.4. The van der Waals surface area contributed by atoms with Gasteiger partial charge in [0, 0.05) is 30.9 Å². The number of nitro groups is 1. The first-order valence-corrected chi connectivity index (χ1v) is 6.61. The van der Waals surface area contributed by atoms with E-state index in [1.165, 1.54) is 6.07 Å². The van der Waals surface area contributed by atoms with Gasteiger partial charge in [-0.3, -0.25) is 10.1 Å². The number of ether oxygens (including phenoxy) is 1. The summed E-state index contributed by atoms with van der Waals surface area (Å²) in [6, 6.07) is 8.31. The number of hydrogen-bond donors (Lipinski definition) is 1. The first-order chi connectivity index (χ1) is 10.1. The SMILES string of the molecule is COc1ncccc1CNCc1c(Cl)cccc1[N+](=O)[O-]. The molecule has 1 aromatic carbocycles. The largest absolute Gasteiger partial charge is 0.481 e. The molecule has 110 valence electrons. The zero-order valence-electron chi connectivity index (χ0n) is 11.4. The van der Waals surface area contributed by atoms with E-state index in [4.69, 9.17) is 16.3 Å². The van der Waals surface area contributed by atoms with Gasteiger partial charge < -0.3 is 10.1 Å². The van der Waals surface area contributed by atoms with Crippen LogP contribution < -0.4 is 10.1 Å². The van der Waals surface area contributed by atoms with Gasteiger partial charge in [-0.15, -0.1) is 0 Å². The van der Waals surface area contributed by atoms with Crippen molar-refractivity contribution in [3.05, 3.63) is 62.8 Å². The van der Waals surface area contributed by atoms with E-state index in [0.29, 0.717) is 23.0 Å². The minimum atomic E-state index is -0.437. The number of benzene rings is 1. The zero-order chi connectivity index (χ0) is 15.2. The second kappa shape index (κ2) is 7.01. The molecule has 1 aromatic heterocycles. The summed E-state index contributed by atoms with van der Waals surface area (Å²) in [7, 11) is 1.55. The number of nitrogens with zero attached hydrogens (tertiary/aromatic N) is 2. The highest BCUT2D eigenvalue weighted by molar-refractivity contribution is 6.31. The van der Waals surface area contributed by atoms with Crippen molar-refractivity contribution in [3.63, 3.8) is 0 Å². The molecule has 0 aliphatic heterocycles. The Bertz CT molecular complexity index is 649. The predicted octanol–water partition coefficient (Wildman–Crippen LogP) is 2.94. The number of pyridine rings is 1. The molecular weight excluding hydrogens is 294 g/mol. The Morgan fingerprint density at radius 2 is 2.14 bits per heavy atom. The molecule has 1 heterocycles. The van der Waals surface area contributed by atoms with Crippen LogP contribution in [0.15, 0.2) is 36.5 Å². The number of methoxy groups -OCH3 is 1. The van der Waals surface area contributed by atoms with Gasteiger partial charge in [0.15, 0.2) is 0 Å². The van der Waals surface area contributed by atoms with Crippen molar-refractivity contribution >= 4 is 17.3 Å². The summed E-state index contributed by atoms with van der Waals surface area (Å²) < 4.78 is 5.15. The van der Waals surface area contributed by atoms with Gasteiger partial charge in [0.2, 0.25) is 5.88 Å². The molecule has 0 atom stereocenters. The highest BCUT2D eigenvalue weighted by atomic mass is 35.5. The average Bonchev–Trinajstić information content (AvgIpc) is 2.49. The van der Waals surface area contributed by atoms with Gasteiger partial charge in [-0.05, 0) is 12.1 Å². The Morgan fingerprint density at radius 3 is 2.86 bits per heavy atom. The molecule has 0 saturated carbocycles. The second-order valence-corrected chi connectivity index (χ2v) is 4.68. The quantitative estimate of drug-likeness (QED) is 0.656. The predicted molar refractivity (Wildman–Crippen MR) is 79.4 cm³/mol. The van der Waals surface area contributed by atoms with Crippen LogP contribution in [-0.2, 0) is 13.1 Å². The summed E-state index contributed by atoms with van der Waals surface area (Å²) >= 11 is 6.03. The van der Waals surface area contributed by atoms with E-state index < -0.39 is 4.92 Å². The van der Waals surface area contributed by atoms with Gasteiger partial charge in [-0.2, -0.15) is 0 Å². The van der Waals surface area contributed by atoms with E-state index in [2.05, 4.69) is 10.3 Å². The molecule has 2 rings (SSSR count). The Balaban J connectivity index is 2.09. The highest BCUT2D eigenvalue weighted by Crippen LogP contribution is 2.26. The van der Waals surface area contributed by atoms with Crippen LogP contribution in [0.1, 0.15) is 11.1 Å². The highest BCUT2D eigenvalue weighted by Gasteiger charge is 2.16. The molecule has 0 aliphatic carbocycles. The van der Waals surface area contributed by atoms with Crippen molar-refractivity contribution in [2.24, 2.45) is 0 Å². The van der Waals surface area contributed by atoms with Crippen molar-refractivity contribution in [1.82, 2.24) is 10.3 Å². The smallest absolute Gasteiger partial charge is 0.275 e. The number of rotatable bonds is 6. The van der Waals surface area contributed by atoms with Crippen molar-refractivity contribution in [2.75, 3.05) is 7.11 Å². The van der Waals surface area contributed by atoms with Crippen LogP contribution in [-0.4, -0.2) is 17.0 Å². The molecule has 21 heavy (non-hydrogen) atoms. The molecule has 0 spiro atoms. The number of hydrogen-bond acceptors (Lipinski definition) is 5. The van der Waals surface area contributed by atoms with Crippen LogP contribution in [0.3, 0.4) is 0 Å². The standard InChI is InChI=1S/C14H14ClN3O3/c1-21-14-10(4-3-7-17-14)8-16-9-11-12(15)5-2-6-13(11)18(19)20/h2-7,16H,8-9H2,1H3. The summed E-state index contributed by atoms with van der Waals surface area (Å²) in [5, 5.41) is 14.5. The maximum absolute atomic E-state index is 11.0. The molecule has 2 aromatic rings.